The van der Waals surface area contributed by atoms with Crippen molar-refractivity contribution in [2.75, 3.05) is 0 Å². The van der Waals surface area contributed by atoms with Gasteiger partial charge in [0, 0.05) is 12.1 Å². The Morgan fingerprint density at radius 1 is 1.20 bits per heavy atom. The number of aliphatic hydroxyl groups excluding tert-OH is 1. The van der Waals surface area contributed by atoms with Crippen LogP contribution in [0.1, 0.15) is 60.7 Å². The Morgan fingerprint density at radius 3 is 2.47 bits per heavy atom. The number of rotatable bonds is 2. The van der Waals surface area contributed by atoms with E-state index >= 15 is 0 Å². The molecule has 0 atom stereocenters. The summed E-state index contributed by atoms with van der Waals surface area (Å²) in [6.45, 7) is 0.143. The lowest BCUT2D eigenvalue weighted by molar-refractivity contribution is 0.285. The number of nitrogens with zero attached hydrogens (tertiary/aromatic N) is 1. The van der Waals surface area contributed by atoms with E-state index in [1.807, 2.05) is 6.20 Å². The van der Waals surface area contributed by atoms with E-state index in [1.54, 1.807) is 11.3 Å². The Labute approximate surface area is 95.4 Å². The topological polar surface area (TPSA) is 33.1 Å². The average Bonchev–Trinajstić information content (AvgIpc) is 2.65. The van der Waals surface area contributed by atoms with Crippen molar-refractivity contribution in [3.05, 3.63) is 16.1 Å². The Morgan fingerprint density at radius 2 is 1.87 bits per heavy atom. The van der Waals surface area contributed by atoms with Crippen LogP contribution in [0.3, 0.4) is 0 Å². The standard InChI is InChI=1S/C12H19NOS/c14-9-11-8-13-12(15-11)10-6-4-2-1-3-5-7-10/h8,10,14H,1-7,9H2. The van der Waals surface area contributed by atoms with Crippen LogP contribution >= 0.6 is 11.3 Å². The van der Waals surface area contributed by atoms with Crippen molar-refractivity contribution >= 4 is 11.3 Å². The first-order valence-corrected chi connectivity index (χ1v) is 6.77. The first-order valence-electron chi connectivity index (χ1n) is 5.95. The monoisotopic (exact) mass is 225 g/mol. The Balaban J connectivity index is 2.00. The van der Waals surface area contributed by atoms with E-state index in [0.717, 1.165) is 4.88 Å². The van der Waals surface area contributed by atoms with Crippen molar-refractivity contribution in [1.29, 1.82) is 0 Å². The minimum atomic E-state index is 0.143. The van der Waals surface area contributed by atoms with Crippen molar-refractivity contribution < 1.29 is 5.11 Å². The molecule has 1 aromatic heterocycles. The van der Waals surface area contributed by atoms with Gasteiger partial charge in [0.2, 0.25) is 0 Å². The smallest absolute Gasteiger partial charge is 0.0959 e. The molecule has 0 radical (unpaired) electrons. The second-order valence-electron chi connectivity index (χ2n) is 4.36. The summed E-state index contributed by atoms with van der Waals surface area (Å²) in [5.74, 6) is 0.663. The van der Waals surface area contributed by atoms with Gasteiger partial charge in [0.15, 0.2) is 0 Å². The summed E-state index contributed by atoms with van der Waals surface area (Å²) in [5, 5.41) is 10.3. The molecule has 84 valence electrons. The van der Waals surface area contributed by atoms with E-state index in [2.05, 4.69) is 4.98 Å². The molecule has 0 unspecified atom stereocenters. The highest BCUT2D eigenvalue weighted by atomic mass is 32.1. The molecule has 1 saturated carbocycles. The maximum Gasteiger partial charge on any atom is 0.0959 e. The number of aliphatic hydroxyl groups is 1. The van der Waals surface area contributed by atoms with Crippen LogP contribution < -0.4 is 0 Å². The van der Waals surface area contributed by atoms with Crippen LogP contribution in [0.2, 0.25) is 0 Å². The van der Waals surface area contributed by atoms with Gasteiger partial charge in [-0.3, -0.25) is 0 Å². The van der Waals surface area contributed by atoms with Gasteiger partial charge in [-0.2, -0.15) is 0 Å². The summed E-state index contributed by atoms with van der Waals surface area (Å²) in [6, 6.07) is 0. The summed E-state index contributed by atoms with van der Waals surface area (Å²) < 4.78 is 0. The van der Waals surface area contributed by atoms with Gasteiger partial charge in [-0.1, -0.05) is 32.1 Å². The summed E-state index contributed by atoms with van der Waals surface area (Å²) in [6.07, 6.45) is 11.3. The highest BCUT2D eigenvalue weighted by Gasteiger charge is 2.16. The van der Waals surface area contributed by atoms with Crippen LogP contribution in [0, 0.1) is 0 Å². The van der Waals surface area contributed by atoms with E-state index in [-0.39, 0.29) is 6.61 Å². The van der Waals surface area contributed by atoms with E-state index in [0.29, 0.717) is 5.92 Å². The second kappa shape index (κ2) is 5.61. The third-order valence-corrected chi connectivity index (χ3v) is 4.33. The molecule has 2 nitrogen and oxygen atoms in total. The third kappa shape index (κ3) is 3.02. The van der Waals surface area contributed by atoms with Gasteiger partial charge in [0.25, 0.3) is 0 Å². The quantitative estimate of drug-likeness (QED) is 0.836. The van der Waals surface area contributed by atoms with Crippen molar-refractivity contribution in [2.45, 2.75) is 57.5 Å². The molecule has 15 heavy (non-hydrogen) atoms. The summed E-state index contributed by atoms with van der Waals surface area (Å²) in [4.78, 5) is 5.45. The molecule has 0 amide bonds. The van der Waals surface area contributed by atoms with Gasteiger partial charge in [0.1, 0.15) is 0 Å². The first-order chi connectivity index (χ1) is 7.40. The minimum Gasteiger partial charge on any atom is -0.391 e. The zero-order valence-corrected chi connectivity index (χ0v) is 9.93. The average molecular weight is 225 g/mol. The van der Waals surface area contributed by atoms with Crippen LogP contribution in [-0.4, -0.2) is 10.1 Å². The first kappa shape index (κ1) is 11.1. The maximum absolute atomic E-state index is 9.02. The van der Waals surface area contributed by atoms with Crippen LogP contribution in [0.15, 0.2) is 6.20 Å². The fourth-order valence-electron chi connectivity index (χ4n) is 2.29. The molecule has 1 fully saturated rings. The van der Waals surface area contributed by atoms with Gasteiger partial charge < -0.3 is 5.11 Å². The molecule has 0 saturated heterocycles. The Kier molecular flexibility index (Phi) is 4.15. The normalized spacial score (nSPS) is 19.8. The molecule has 1 heterocycles. The zero-order chi connectivity index (χ0) is 10.5. The van der Waals surface area contributed by atoms with Crippen LogP contribution in [0.4, 0.5) is 0 Å². The highest BCUT2D eigenvalue weighted by molar-refractivity contribution is 7.11. The predicted molar refractivity (Wildman–Crippen MR) is 63.1 cm³/mol. The van der Waals surface area contributed by atoms with Crippen LogP contribution in [0.25, 0.3) is 0 Å². The van der Waals surface area contributed by atoms with Gasteiger partial charge >= 0.3 is 0 Å². The molecule has 0 aromatic carbocycles. The summed E-state index contributed by atoms with van der Waals surface area (Å²) >= 11 is 1.69. The Hall–Kier alpha value is -0.410. The van der Waals surface area contributed by atoms with E-state index < -0.39 is 0 Å². The number of thiazole rings is 1. The molecular formula is C12H19NOS. The fraction of sp³-hybridized carbons (Fsp3) is 0.750. The van der Waals surface area contributed by atoms with E-state index in [9.17, 15) is 0 Å². The van der Waals surface area contributed by atoms with Crippen molar-refractivity contribution in [1.82, 2.24) is 4.98 Å². The number of hydrogen-bond acceptors (Lipinski definition) is 3. The highest BCUT2D eigenvalue weighted by Crippen LogP contribution is 2.33. The molecule has 1 aliphatic rings. The lowest BCUT2D eigenvalue weighted by Crippen LogP contribution is -2.01. The van der Waals surface area contributed by atoms with Gasteiger partial charge in [-0.15, -0.1) is 11.3 Å². The van der Waals surface area contributed by atoms with E-state index in [4.69, 9.17) is 5.11 Å². The van der Waals surface area contributed by atoms with Crippen molar-refractivity contribution in [3.63, 3.8) is 0 Å². The molecule has 1 N–H and O–H groups in total. The SMILES string of the molecule is OCc1cnc(C2CCCCCCC2)s1. The molecule has 1 aliphatic carbocycles. The van der Waals surface area contributed by atoms with Gasteiger partial charge in [0.05, 0.1) is 16.5 Å². The zero-order valence-electron chi connectivity index (χ0n) is 9.11. The third-order valence-electron chi connectivity index (χ3n) is 3.18. The maximum atomic E-state index is 9.02. The molecule has 0 aliphatic heterocycles. The largest absolute Gasteiger partial charge is 0.391 e. The molecule has 1 aromatic rings. The molecule has 0 spiro atoms. The second-order valence-corrected chi connectivity index (χ2v) is 5.51. The minimum absolute atomic E-state index is 0.143. The molecular weight excluding hydrogens is 206 g/mol. The Bertz CT molecular complexity index is 290. The summed E-state index contributed by atoms with van der Waals surface area (Å²) in [7, 11) is 0. The van der Waals surface area contributed by atoms with Gasteiger partial charge in [-0.05, 0) is 12.8 Å². The predicted octanol–water partition coefficient (Wildman–Crippen LogP) is 3.46. The lowest BCUT2D eigenvalue weighted by Gasteiger charge is -2.17. The molecule has 3 heteroatoms. The number of hydrogen-bond donors (Lipinski definition) is 1. The fourth-order valence-corrected chi connectivity index (χ4v) is 3.23. The van der Waals surface area contributed by atoms with Crippen LogP contribution in [0.5, 0.6) is 0 Å². The van der Waals surface area contributed by atoms with Crippen LogP contribution in [-0.2, 0) is 6.61 Å². The lowest BCUT2D eigenvalue weighted by atomic mass is 9.92. The molecule has 0 bridgehead atoms. The van der Waals surface area contributed by atoms with E-state index in [1.165, 1.54) is 50.0 Å². The van der Waals surface area contributed by atoms with Crippen molar-refractivity contribution in [3.8, 4) is 0 Å². The summed E-state index contributed by atoms with van der Waals surface area (Å²) in [5.41, 5.74) is 0. The van der Waals surface area contributed by atoms with Crippen molar-refractivity contribution in [2.24, 2.45) is 0 Å². The molecule has 2 rings (SSSR count). The van der Waals surface area contributed by atoms with Gasteiger partial charge in [-0.25, -0.2) is 4.98 Å². The number of aromatic nitrogens is 1.